The molecule has 1 aliphatic heterocycles. The number of morpholine rings is 1. The molecule has 0 bridgehead atoms. The molecule has 6 heteroatoms. The normalized spacial score (nSPS) is 34.9. The molecule has 0 amide bonds. The molecule has 0 atom stereocenters. The van der Waals surface area contributed by atoms with Crippen LogP contribution in [0.3, 0.4) is 0 Å². The van der Waals surface area contributed by atoms with Crippen LogP contribution in [-0.2, 0) is 14.8 Å². The minimum absolute atomic E-state index is 0.239. The van der Waals surface area contributed by atoms with Crippen LogP contribution in [0, 0.1) is 0 Å². The summed E-state index contributed by atoms with van der Waals surface area (Å²) >= 11 is 0. The molecule has 106 valence electrons. The van der Waals surface area contributed by atoms with Crippen LogP contribution in [0.2, 0.25) is 0 Å². The van der Waals surface area contributed by atoms with Gasteiger partial charge in [0, 0.05) is 19.1 Å². The standard InChI is InChI=1S/C12H24N2O3S/c1-2-9-18(15,16)14-7-8-17-12(10-14)5-3-11(13)4-6-12/h11H,2-10,13H2,1H3. The van der Waals surface area contributed by atoms with Gasteiger partial charge in [0.1, 0.15) is 0 Å². The number of sulfonamides is 1. The third-order valence-electron chi connectivity index (χ3n) is 4.01. The smallest absolute Gasteiger partial charge is 0.214 e. The van der Waals surface area contributed by atoms with Gasteiger partial charge in [0.2, 0.25) is 10.0 Å². The molecule has 2 N–H and O–H groups in total. The van der Waals surface area contributed by atoms with Gasteiger partial charge in [0.25, 0.3) is 0 Å². The van der Waals surface area contributed by atoms with Crippen LogP contribution >= 0.6 is 0 Å². The summed E-state index contributed by atoms with van der Waals surface area (Å²) in [7, 11) is -3.10. The van der Waals surface area contributed by atoms with Crippen molar-refractivity contribution in [1.29, 1.82) is 0 Å². The molecule has 0 aromatic rings. The molecule has 0 aromatic carbocycles. The zero-order chi connectivity index (χ0) is 13.2. The zero-order valence-corrected chi connectivity index (χ0v) is 11.9. The van der Waals surface area contributed by atoms with Gasteiger partial charge < -0.3 is 10.5 Å². The van der Waals surface area contributed by atoms with E-state index in [0.29, 0.717) is 26.1 Å². The van der Waals surface area contributed by atoms with Gasteiger partial charge in [-0.15, -0.1) is 0 Å². The van der Waals surface area contributed by atoms with E-state index in [1.165, 1.54) is 0 Å². The van der Waals surface area contributed by atoms with Gasteiger partial charge in [-0.05, 0) is 32.1 Å². The van der Waals surface area contributed by atoms with Gasteiger partial charge in [-0.25, -0.2) is 8.42 Å². The topological polar surface area (TPSA) is 72.6 Å². The third-order valence-corrected chi connectivity index (χ3v) is 6.03. The maximum Gasteiger partial charge on any atom is 0.214 e. The van der Waals surface area contributed by atoms with Crippen LogP contribution in [-0.4, -0.2) is 49.8 Å². The van der Waals surface area contributed by atoms with Crippen molar-refractivity contribution in [3.8, 4) is 0 Å². The van der Waals surface area contributed by atoms with E-state index in [2.05, 4.69) is 0 Å². The van der Waals surface area contributed by atoms with E-state index in [-0.39, 0.29) is 17.4 Å². The van der Waals surface area contributed by atoms with E-state index in [1.807, 2.05) is 6.92 Å². The fourth-order valence-corrected chi connectivity index (χ4v) is 4.46. The second-order valence-corrected chi connectivity index (χ2v) is 7.61. The Morgan fingerprint density at radius 2 is 2.06 bits per heavy atom. The lowest BCUT2D eigenvalue weighted by Crippen LogP contribution is -2.56. The maximum absolute atomic E-state index is 12.1. The molecule has 2 rings (SSSR count). The van der Waals surface area contributed by atoms with E-state index >= 15 is 0 Å². The third kappa shape index (κ3) is 3.04. The van der Waals surface area contributed by atoms with Gasteiger partial charge in [0.05, 0.1) is 18.0 Å². The molecular formula is C12H24N2O3S. The van der Waals surface area contributed by atoms with Crippen molar-refractivity contribution in [2.45, 2.75) is 50.7 Å². The average Bonchev–Trinajstić information content (AvgIpc) is 2.34. The molecule has 2 aliphatic rings. The first kappa shape index (κ1) is 14.2. The van der Waals surface area contributed by atoms with Gasteiger partial charge in [-0.2, -0.15) is 4.31 Å². The molecule has 18 heavy (non-hydrogen) atoms. The lowest BCUT2D eigenvalue weighted by Gasteiger charge is -2.45. The molecule has 1 aliphatic carbocycles. The van der Waals surface area contributed by atoms with Crippen LogP contribution in [0.25, 0.3) is 0 Å². The average molecular weight is 276 g/mol. The van der Waals surface area contributed by atoms with E-state index in [4.69, 9.17) is 10.5 Å². The Morgan fingerprint density at radius 3 is 2.67 bits per heavy atom. The molecule has 5 nitrogen and oxygen atoms in total. The number of hydrogen-bond acceptors (Lipinski definition) is 4. The Labute approximate surface area is 110 Å². The highest BCUT2D eigenvalue weighted by Crippen LogP contribution is 2.34. The lowest BCUT2D eigenvalue weighted by atomic mass is 9.81. The van der Waals surface area contributed by atoms with Crippen molar-refractivity contribution in [2.24, 2.45) is 5.73 Å². The van der Waals surface area contributed by atoms with Crippen molar-refractivity contribution in [1.82, 2.24) is 4.31 Å². The SMILES string of the molecule is CCCS(=O)(=O)N1CCOC2(CCC(N)CC2)C1. The first-order chi connectivity index (χ1) is 8.47. The summed E-state index contributed by atoms with van der Waals surface area (Å²) in [6, 6.07) is 0.252. The van der Waals surface area contributed by atoms with Crippen LogP contribution < -0.4 is 5.73 Å². The molecule has 0 unspecified atom stereocenters. The van der Waals surface area contributed by atoms with Gasteiger partial charge in [-0.3, -0.25) is 0 Å². The first-order valence-corrected chi connectivity index (χ1v) is 8.46. The van der Waals surface area contributed by atoms with E-state index < -0.39 is 10.0 Å². The van der Waals surface area contributed by atoms with Gasteiger partial charge in [0.15, 0.2) is 0 Å². The molecule has 1 heterocycles. The Morgan fingerprint density at radius 1 is 1.39 bits per heavy atom. The van der Waals surface area contributed by atoms with Crippen molar-refractivity contribution in [3.05, 3.63) is 0 Å². The van der Waals surface area contributed by atoms with Crippen molar-refractivity contribution >= 4 is 10.0 Å². The minimum Gasteiger partial charge on any atom is -0.372 e. The van der Waals surface area contributed by atoms with Crippen molar-refractivity contribution in [3.63, 3.8) is 0 Å². The van der Waals surface area contributed by atoms with Gasteiger partial charge in [-0.1, -0.05) is 6.92 Å². The van der Waals surface area contributed by atoms with Crippen LogP contribution in [0.15, 0.2) is 0 Å². The van der Waals surface area contributed by atoms with Crippen molar-refractivity contribution < 1.29 is 13.2 Å². The maximum atomic E-state index is 12.1. The predicted octanol–water partition coefficient (Wildman–Crippen LogP) is 0.699. The van der Waals surface area contributed by atoms with Crippen LogP contribution in [0.1, 0.15) is 39.0 Å². The summed E-state index contributed by atoms with van der Waals surface area (Å²) in [5.41, 5.74) is 5.64. The predicted molar refractivity (Wildman–Crippen MR) is 70.8 cm³/mol. The highest BCUT2D eigenvalue weighted by molar-refractivity contribution is 7.89. The Kier molecular flexibility index (Phi) is 4.31. The number of rotatable bonds is 3. The quantitative estimate of drug-likeness (QED) is 0.823. The Bertz CT molecular complexity index is 375. The summed E-state index contributed by atoms with van der Waals surface area (Å²) < 4.78 is 31.8. The van der Waals surface area contributed by atoms with E-state index in [0.717, 1.165) is 25.7 Å². The Balaban J connectivity index is 2.04. The summed E-state index contributed by atoms with van der Waals surface area (Å²) in [6.45, 7) is 3.42. The minimum atomic E-state index is -3.10. The largest absolute Gasteiger partial charge is 0.372 e. The molecule has 1 saturated carbocycles. The second kappa shape index (κ2) is 5.45. The molecule has 0 aromatic heterocycles. The second-order valence-electron chi connectivity index (χ2n) is 5.52. The van der Waals surface area contributed by atoms with Crippen LogP contribution in [0.4, 0.5) is 0 Å². The number of nitrogens with two attached hydrogens (primary N) is 1. The van der Waals surface area contributed by atoms with Gasteiger partial charge >= 0.3 is 0 Å². The Hall–Kier alpha value is -0.170. The first-order valence-electron chi connectivity index (χ1n) is 6.85. The summed E-state index contributed by atoms with van der Waals surface area (Å²) in [5.74, 6) is 0.239. The number of hydrogen-bond donors (Lipinski definition) is 1. The molecule has 0 radical (unpaired) electrons. The highest BCUT2D eigenvalue weighted by Gasteiger charge is 2.42. The molecule has 2 fully saturated rings. The summed E-state index contributed by atoms with van der Waals surface area (Å²) in [5, 5.41) is 0. The number of nitrogens with zero attached hydrogens (tertiary/aromatic N) is 1. The van der Waals surface area contributed by atoms with Crippen LogP contribution in [0.5, 0.6) is 0 Å². The fourth-order valence-electron chi connectivity index (χ4n) is 2.90. The molecular weight excluding hydrogens is 252 g/mol. The molecule has 1 saturated heterocycles. The number of ether oxygens (including phenoxy) is 1. The van der Waals surface area contributed by atoms with Crippen molar-refractivity contribution in [2.75, 3.05) is 25.4 Å². The summed E-state index contributed by atoms with van der Waals surface area (Å²) in [6.07, 6.45) is 4.29. The molecule has 1 spiro atoms. The zero-order valence-electron chi connectivity index (χ0n) is 11.1. The fraction of sp³-hybridized carbons (Fsp3) is 1.00. The van der Waals surface area contributed by atoms with E-state index in [1.54, 1.807) is 4.31 Å². The highest BCUT2D eigenvalue weighted by atomic mass is 32.2. The van der Waals surface area contributed by atoms with E-state index in [9.17, 15) is 8.42 Å². The lowest BCUT2D eigenvalue weighted by molar-refractivity contribution is -0.111. The monoisotopic (exact) mass is 276 g/mol. The summed E-state index contributed by atoms with van der Waals surface area (Å²) in [4.78, 5) is 0.